The van der Waals surface area contributed by atoms with Crippen molar-refractivity contribution < 1.29 is 17.6 Å². The van der Waals surface area contributed by atoms with E-state index in [2.05, 4.69) is 31.0 Å². The molecule has 2 aromatic carbocycles. The largest absolute Gasteiger partial charge is 0.335 e. The lowest BCUT2D eigenvalue weighted by Gasteiger charge is -2.35. The topological polar surface area (TPSA) is 73.0 Å². The summed E-state index contributed by atoms with van der Waals surface area (Å²) in [5.41, 5.74) is 1.94. The van der Waals surface area contributed by atoms with Crippen LogP contribution in [0.4, 0.5) is 9.18 Å². The highest BCUT2D eigenvalue weighted by Gasteiger charge is 2.29. The van der Waals surface area contributed by atoms with Crippen molar-refractivity contribution in [2.24, 2.45) is 0 Å². The van der Waals surface area contributed by atoms with Gasteiger partial charge in [-0.1, -0.05) is 64.3 Å². The average molecular weight is 559 g/mol. The molecule has 0 radical (unpaired) electrons. The predicted octanol–water partition coefficient (Wildman–Crippen LogP) is 4.97. The van der Waals surface area contributed by atoms with Crippen molar-refractivity contribution in [2.75, 3.05) is 39.3 Å². The molecule has 39 heavy (non-hydrogen) atoms. The molecule has 214 valence electrons. The summed E-state index contributed by atoms with van der Waals surface area (Å²) in [5.74, 6) is -0.296. The first-order valence-electron chi connectivity index (χ1n) is 14.2. The Morgan fingerprint density at radius 2 is 1.56 bits per heavy atom. The van der Waals surface area contributed by atoms with Crippen LogP contribution in [0.3, 0.4) is 0 Å². The van der Waals surface area contributed by atoms with Gasteiger partial charge in [0.05, 0.1) is 4.90 Å². The predicted molar refractivity (Wildman–Crippen MR) is 153 cm³/mol. The minimum atomic E-state index is -3.55. The van der Waals surface area contributed by atoms with Crippen LogP contribution in [-0.2, 0) is 22.0 Å². The van der Waals surface area contributed by atoms with Crippen LogP contribution in [0.5, 0.6) is 0 Å². The second-order valence-corrected chi connectivity index (χ2v) is 13.8. The molecule has 2 fully saturated rings. The van der Waals surface area contributed by atoms with Crippen molar-refractivity contribution in [2.45, 2.75) is 75.8 Å². The third-order valence-corrected chi connectivity index (χ3v) is 9.80. The number of hydrogen-bond donors (Lipinski definition) is 1. The quantitative estimate of drug-likeness (QED) is 0.496. The maximum atomic E-state index is 13.4. The number of hydrogen-bond acceptors (Lipinski definition) is 4. The molecule has 2 aromatic rings. The number of benzene rings is 2. The molecule has 0 aromatic heterocycles. The van der Waals surface area contributed by atoms with Crippen LogP contribution in [0.2, 0.25) is 0 Å². The highest BCUT2D eigenvalue weighted by atomic mass is 32.2. The average Bonchev–Trinajstić information content (AvgIpc) is 2.92. The third-order valence-electron chi connectivity index (χ3n) is 7.88. The maximum Gasteiger partial charge on any atom is 0.317 e. The van der Waals surface area contributed by atoms with Gasteiger partial charge in [0.1, 0.15) is 5.82 Å². The molecule has 2 amide bonds. The monoisotopic (exact) mass is 558 g/mol. The molecule has 7 nitrogen and oxygen atoms in total. The van der Waals surface area contributed by atoms with E-state index in [1.807, 2.05) is 12.1 Å². The molecule has 0 unspecified atom stereocenters. The van der Waals surface area contributed by atoms with Crippen LogP contribution in [0.15, 0.2) is 53.4 Å². The number of halogens is 1. The van der Waals surface area contributed by atoms with Crippen molar-refractivity contribution in [3.63, 3.8) is 0 Å². The van der Waals surface area contributed by atoms with Gasteiger partial charge in [-0.3, -0.25) is 4.90 Å². The van der Waals surface area contributed by atoms with Gasteiger partial charge in [0, 0.05) is 51.9 Å². The van der Waals surface area contributed by atoms with E-state index in [1.54, 1.807) is 33.5 Å². The van der Waals surface area contributed by atoms with Crippen LogP contribution >= 0.6 is 0 Å². The Hall–Kier alpha value is -2.49. The van der Waals surface area contributed by atoms with Crippen molar-refractivity contribution in [3.05, 3.63) is 65.5 Å². The van der Waals surface area contributed by atoms with E-state index in [9.17, 15) is 17.6 Å². The van der Waals surface area contributed by atoms with Crippen LogP contribution in [0.25, 0.3) is 0 Å². The lowest BCUT2D eigenvalue weighted by atomic mass is 9.87. The van der Waals surface area contributed by atoms with Gasteiger partial charge in [-0.15, -0.1) is 0 Å². The molecular formula is C30H43FN4O3S. The number of amides is 2. The Kier molecular flexibility index (Phi) is 9.67. The highest BCUT2D eigenvalue weighted by molar-refractivity contribution is 7.89. The van der Waals surface area contributed by atoms with E-state index in [0.717, 1.165) is 36.8 Å². The summed E-state index contributed by atoms with van der Waals surface area (Å²) in [4.78, 5) is 17.5. The van der Waals surface area contributed by atoms with Gasteiger partial charge in [-0.2, -0.15) is 4.31 Å². The zero-order valence-corrected chi connectivity index (χ0v) is 24.4. The summed E-state index contributed by atoms with van der Waals surface area (Å²) >= 11 is 0. The van der Waals surface area contributed by atoms with Crippen LogP contribution in [0, 0.1) is 5.82 Å². The minimum Gasteiger partial charge on any atom is -0.335 e. The van der Waals surface area contributed by atoms with Crippen LogP contribution in [0.1, 0.15) is 64.0 Å². The third kappa shape index (κ3) is 8.02. The number of rotatable bonds is 8. The smallest absolute Gasteiger partial charge is 0.317 e. The number of urea groups is 1. The SMILES string of the molecule is CC(C)(C)c1ccc(S(=O)(=O)N2CCN(CCN(Cc3ccc(F)cc3)C(=O)NC3CCCCC3)CC2)cc1. The molecule has 9 heteroatoms. The lowest BCUT2D eigenvalue weighted by molar-refractivity contribution is 0.153. The van der Waals surface area contributed by atoms with Gasteiger partial charge in [-0.05, 0) is 53.6 Å². The standard InChI is InChI=1S/C30H43FN4O3S/c1-30(2,3)25-11-15-28(16-12-25)39(37,38)35-21-18-33(19-22-35)17-20-34(23-24-9-13-26(31)14-10-24)29(36)32-27-7-5-4-6-8-27/h9-16,27H,4-8,17-23H2,1-3H3,(H,32,36). The minimum absolute atomic E-state index is 0.0359. The Bertz CT molecular complexity index is 1180. The number of carbonyl (C=O) groups excluding carboxylic acids is 1. The van der Waals surface area contributed by atoms with Gasteiger partial charge in [0.2, 0.25) is 10.0 Å². The van der Waals surface area contributed by atoms with Crippen molar-refractivity contribution in [1.29, 1.82) is 0 Å². The highest BCUT2D eigenvalue weighted by Crippen LogP contribution is 2.25. The summed E-state index contributed by atoms with van der Waals surface area (Å²) in [7, 11) is -3.55. The molecule has 0 bridgehead atoms. The van der Waals surface area contributed by atoms with E-state index in [4.69, 9.17) is 0 Å². The molecule has 2 aliphatic rings. The number of nitrogens with zero attached hydrogens (tertiary/aromatic N) is 3. The summed E-state index contributed by atoms with van der Waals surface area (Å²) in [6, 6.07) is 13.6. The summed E-state index contributed by atoms with van der Waals surface area (Å²) in [6.45, 7) is 9.91. The summed E-state index contributed by atoms with van der Waals surface area (Å²) < 4.78 is 41.5. The zero-order valence-electron chi connectivity index (χ0n) is 23.5. The Labute approximate surface area is 233 Å². The number of carbonyl (C=O) groups is 1. The number of sulfonamides is 1. The van der Waals surface area contributed by atoms with Crippen LogP contribution < -0.4 is 5.32 Å². The van der Waals surface area contributed by atoms with E-state index in [1.165, 1.54) is 18.6 Å². The maximum absolute atomic E-state index is 13.4. The van der Waals surface area contributed by atoms with E-state index in [-0.39, 0.29) is 23.3 Å². The molecule has 0 atom stereocenters. The molecule has 1 aliphatic heterocycles. The van der Waals surface area contributed by atoms with Crippen molar-refractivity contribution in [3.8, 4) is 0 Å². The molecule has 0 spiro atoms. The Morgan fingerprint density at radius 3 is 2.15 bits per heavy atom. The molecule has 1 heterocycles. The van der Waals surface area contributed by atoms with Crippen molar-refractivity contribution >= 4 is 16.1 Å². The van der Waals surface area contributed by atoms with E-state index in [0.29, 0.717) is 50.7 Å². The number of nitrogens with one attached hydrogen (secondary N) is 1. The van der Waals surface area contributed by atoms with E-state index >= 15 is 0 Å². The molecule has 4 rings (SSSR count). The van der Waals surface area contributed by atoms with Gasteiger partial charge >= 0.3 is 6.03 Å². The first-order chi connectivity index (χ1) is 18.5. The van der Waals surface area contributed by atoms with Gasteiger partial charge in [0.15, 0.2) is 0 Å². The summed E-state index contributed by atoms with van der Waals surface area (Å²) in [5, 5.41) is 3.20. The zero-order chi connectivity index (χ0) is 28.0. The van der Waals surface area contributed by atoms with Crippen molar-refractivity contribution in [1.82, 2.24) is 19.4 Å². The molecular weight excluding hydrogens is 515 g/mol. The second kappa shape index (κ2) is 12.8. The van der Waals surface area contributed by atoms with Gasteiger partial charge < -0.3 is 10.2 Å². The fourth-order valence-corrected chi connectivity index (χ4v) is 6.73. The molecule has 1 aliphatic carbocycles. The van der Waals surface area contributed by atoms with Gasteiger partial charge in [-0.25, -0.2) is 17.6 Å². The lowest BCUT2D eigenvalue weighted by Crippen LogP contribution is -2.52. The van der Waals surface area contributed by atoms with Gasteiger partial charge in [0.25, 0.3) is 0 Å². The second-order valence-electron chi connectivity index (χ2n) is 11.9. The number of piperazine rings is 1. The first kappa shape index (κ1) is 29.5. The molecule has 1 saturated carbocycles. The first-order valence-corrected chi connectivity index (χ1v) is 15.6. The molecule has 1 N–H and O–H groups in total. The Balaban J connectivity index is 1.34. The normalized spacial score (nSPS) is 18.2. The molecule has 1 saturated heterocycles. The van der Waals surface area contributed by atoms with Crippen LogP contribution in [-0.4, -0.2) is 73.9 Å². The fourth-order valence-electron chi connectivity index (χ4n) is 5.31. The summed E-state index contributed by atoms with van der Waals surface area (Å²) in [6.07, 6.45) is 5.50. The van der Waals surface area contributed by atoms with E-state index < -0.39 is 10.0 Å². The fraction of sp³-hybridized carbons (Fsp3) is 0.567. The Morgan fingerprint density at radius 1 is 0.949 bits per heavy atom.